The van der Waals surface area contributed by atoms with Crippen molar-refractivity contribution in [1.82, 2.24) is 25.1 Å². The number of carbonyl (C=O) groups is 2. The topological polar surface area (TPSA) is 101 Å². The summed E-state index contributed by atoms with van der Waals surface area (Å²) >= 11 is 13.0. The van der Waals surface area contributed by atoms with Gasteiger partial charge in [-0.2, -0.15) is 0 Å². The Morgan fingerprint density at radius 3 is 2.44 bits per heavy atom. The zero-order valence-electron chi connectivity index (χ0n) is 25.2. The highest BCUT2D eigenvalue weighted by molar-refractivity contribution is 6.39. The summed E-state index contributed by atoms with van der Waals surface area (Å²) in [5.74, 6) is -3.04. The van der Waals surface area contributed by atoms with Gasteiger partial charge < -0.3 is 30.2 Å². The number of nitrogens with one attached hydrogen (secondary N) is 3. The molecule has 3 aromatic rings. The highest BCUT2D eigenvalue weighted by Gasteiger charge is 2.46. The minimum Gasteiger partial charge on any atom is -0.487 e. The zero-order chi connectivity index (χ0) is 32.9. The summed E-state index contributed by atoms with van der Waals surface area (Å²) in [4.78, 5) is 31.0. The summed E-state index contributed by atoms with van der Waals surface area (Å²) in [5, 5.41) is 9.03. The average Bonchev–Trinajstić information content (AvgIpc) is 3.31. The van der Waals surface area contributed by atoms with Crippen LogP contribution in [-0.4, -0.2) is 64.5 Å². The third-order valence-corrected chi connectivity index (χ3v) is 8.25. The Labute approximate surface area is 268 Å². The van der Waals surface area contributed by atoms with Crippen LogP contribution in [0.1, 0.15) is 61.9 Å². The highest BCUT2D eigenvalue weighted by atomic mass is 35.5. The fourth-order valence-electron chi connectivity index (χ4n) is 5.19. The van der Waals surface area contributed by atoms with E-state index in [9.17, 15) is 27.2 Å². The van der Waals surface area contributed by atoms with Crippen molar-refractivity contribution in [2.24, 2.45) is 7.05 Å². The number of urea groups is 1. The monoisotopic (exact) mass is 674 g/mol. The van der Waals surface area contributed by atoms with Crippen LogP contribution in [0.25, 0.3) is 11.0 Å². The molecule has 246 valence electrons. The summed E-state index contributed by atoms with van der Waals surface area (Å²) in [5.41, 5.74) is 1.72. The van der Waals surface area contributed by atoms with Crippen LogP contribution in [0.4, 0.5) is 34.0 Å². The number of amides is 3. The number of nitrogens with zero attached hydrogens (tertiary/aromatic N) is 3. The van der Waals surface area contributed by atoms with E-state index in [2.05, 4.69) is 20.9 Å². The van der Waals surface area contributed by atoms with Gasteiger partial charge in [-0.3, -0.25) is 4.79 Å². The van der Waals surface area contributed by atoms with E-state index < -0.39 is 44.0 Å². The number of aromatic nitrogens is 2. The molecular formula is C30H36Cl2F4N6O3. The smallest absolute Gasteiger partial charge is 0.318 e. The van der Waals surface area contributed by atoms with Crippen molar-refractivity contribution in [1.29, 1.82) is 0 Å². The van der Waals surface area contributed by atoms with Crippen molar-refractivity contribution in [2.45, 2.75) is 70.9 Å². The lowest BCUT2D eigenvalue weighted by molar-refractivity contribution is -0.109. The Morgan fingerprint density at radius 2 is 1.80 bits per heavy atom. The predicted molar refractivity (Wildman–Crippen MR) is 166 cm³/mol. The van der Waals surface area contributed by atoms with Crippen LogP contribution < -0.4 is 20.7 Å². The van der Waals surface area contributed by atoms with Crippen LogP contribution in [0.2, 0.25) is 10.0 Å². The van der Waals surface area contributed by atoms with E-state index >= 15 is 0 Å². The SMILES string of the molecule is CC.Cn1c(Nc2c(Cl)ccc(CNC(=O)N3CC(F)(F)C3)c2Cl)nc2cc(C(=O)NC3CCCCC3)c(OCC(F)F)cc21. The molecule has 5 rings (SSSR count). The van der Waals surface area contributed by atoms with Gasteiger partial charge in [0.1, 0.15) is 12.4 Å². The molecule has 1 aliphatic carbocycles. The number of alkyl halides is 4. The van der Waals surface area contributed by atoms with Crippen LogP contribution >= 0.6 is 23.2 Å². The van der Waals surface area contributed by atoms with Crippen LogP contribution in [0.15, 0.2) is 24.3 Å². The third-order valence-electron chi connectivity index (χ3n) is 7.50. The summed E-state index contributed by atoms with van der Waals surface area (Å²) in [6.07, 6.45) is 2.07. The summed E-state index contributed by atoms with van der Waals surface area (Å²) in [6, 6.07) is 5.49. The van der Waals surface area contributed by atoms with Gasteiger partial charge in [0.2, 0.25) is 5.95 Å². The number of likely N-dealkylation sites (tertiary alicyclic amines) is 1. The lowest BCUT2D eigenvalue weighted by Gasteiger charge is -2.38. The van der Waals surface area contributed by atoms with Crippen molar-refractivity contribution < 1.29 is 31.9 Å². The maximum atomic E-state index is 13.2. The molecule has 1 aromatic heterocycles. The minimum absolute atomic E-state index is 0.00410. The Kier molecular flexibility index (Phi) is 11.3. The average molecular weight is 676 g/mol. The first-order valence-electron chi connectivity index (χ1n) is 14.8. The fourth-order valence-corrected chi connectivity index (χ4v) is 5.72. The van der Waals surface area contributed by atoms with Crippen LogP contribution in [0, 0.1) is 0 Å². The molecule has 0 unspecified atom stereocenters. The van der Waals surface area contributed by atoms with Gasteiger partial charge in [-0.25, -0.2) is 27.3 Å². The number of benzene rings is 2. The predicted octanol–water partition coefficient (Wildman–Crippen LogP) is 7.52. The van der Waals surface area contributed by atoms with E-state index in [4.69, 9.17) is 27.9 Å². The van der Waals surface area contributed by atoms with Gasteiger partial charge in [0.15, 0.2) is 0 Å². The molecule has 1 saturated heterocycles. The standard InChI is InChI=1S/C28H30Cl2F4N6O3.C2H6/c1-39-20-10-21(43-12-22(31)32)17(25(41)36-16-5-3-2-4-6-16)9-19(20)37-26(39)38-24-18(29)8-7-15(23(24)30)11-35-27(42)40-13-28(33,34)14-40;1-2/h7-10,16,22H,2-6,11-14H2,1H3,(H,35,42)(H,36,41)(H,37,38);1-2H3. The van der Waals surface area contributed by atoms with E-state index in [1.807, 2.05) is 13.8 Å². The molecule has 2 aliphatic rings. The Bertz CT molecular complexity index is 1520. The third kappa shape index (κ3) is 8.23. The molecule has 45 heavy (non-hydrogen) atoms. The van der Waals surface area contributed by atoms with Crippen molar-refractivity contribution in [3.05, 3.63) is 45.4 Å². The van der Waals surface area contributed by atoms with Crippen molar-refractivity contribution in [3.8, 4) is 5.75 Å². The quantitative estimate of drug-likeness (QED) is 0.204. The number of aryl methyl sites for hydroxylation is 1. The molecule has 1 saturated carbocycles. The fraction of sp³-hybridized carbons (Fsp3) is 0.500. The van der Waals surface area contributed by atoms with Gasteiger partial charge in [0.05, 0.1) is 45.4 Å². The Hall–Kier alpha value is -3.45. The molecule has 0 atom stereocenters. The maximum Gasteiger partial charge on any atom is 0.318 e. The number of rotatable bonds is 9. The lowest BCUT2D eigenvalue weighted by atomic mass is 9.95. The van der Waals surface area contributed by atoms with Crippen LogP contribution in [0.5, 0.6) is 5.75 Å². The van der Waals surface area contributed by atoms with Gasteiger partial charge in [-0.1, -0.05) is 62.4 Å². The Balaban J connectivity index is 0.00000226. The minimum atomic E-state index is -2.88. The summed E-state index contributed by atoms with van der Waals surface area (Å²) in [6.45, 7) is 1.78. The second-order valence-corrected chi connectivity index (χ2v) is 11.5. The zero-order valence-corrected chi connectivity index (χ0v) is 26.7. The first-order valence-corrected chi connectivity index (χ1v) is 15.5. The maximum absolute atomic E-state index is 13.2. The van der Waals surface area contributed by atoms with Crippen LogP contribution in [-0.2, 0) is 13.6 Å². The van der Waals surface area contributed by atoms with Gasteiger partial charge in [-0.05, 0) is 30.5 Å². The molecular weight excluding hydrogens is 639 g/mol. The Morgan fingerprint density at radius 1 is 1.11 bits per heavy atom. The number of hydrogen-bond acceptors (Lipinski definition) is 5. The van der Waals surface area contributed by atoms with Crippen LogP contribution in [0.3, 0.4) is 0 Å². The normalized spacial score (nSPS) is 16.1. The van der Waals surface area contributed by atoms with E-state index in [0.717, 1.165) is 37.0 Å². The van der Waals surface area contributed by atoms with Crippen molar-refractivity contribution in [2.75, 3.05) is 25.0 Å². The van der Waals surface area contributed by atoms with Gasteiger partial charge >= 0.3 is 6.03 Å². The molecule has 3 N–H and O–H groups in total. The molecule has 0 bridgehead atoms. The summed E-state index contributed by atoms with van der Waals surface area (Å²) < 4.78 is 59.2. The highest BCUT2D eigenvalue weighted by Crippen LogP contribution is 2.37. The number of carbonyl (C=O) groups excluding carboxylic acids is 2. The number of ether oxygens (including phenoxy) is 1. The van der Waals surface area contributed by atoms with E-state index in [-0.39, 0.29) is 45.6 Å². The molecule has 1 aliphatic heterocycles. The number of anilines is 2. The van der Waals surface area contributed by atoms with Gasteiger partial charge in [-0.15, -0.1) is 0 Å². The molecule has 9 nitrogen and oxygen atoms in total. The first-order chi connectivity index (χ1) is 21.4. The number of halogens is 6. The molecule has 0 radical (unpaired) electrons. The largest absolute Gasteiger partial charge is 0.487 e. The van der Waals surface area contributed by atoms with E-state index in [0.29, 0.717) is 16.6 Å². The lowest BCUT2D eigenvalue weighted by Crippen LogP contribution is -2.60. The molecule has 15 heteroatoms. The van der Waals surface area contributed by atoms with Crippen molar-refractivity contribution >= 4 is 57.8 Å². The molecule has 2 aromatic carbocycles. The number of imidazole rings is 1. The summed E-state index contributed by atoms with van der Waals surface area (Å²) in [7, 11) is 1.67. The van der Waals surface area contributed by atoms with E-state index in [1.54, 1.807) is 23.7 Å². The molecule has 2 fully saturated rings. The second-order valence-electron chi connectivity index (χ2n) is 10.7. The second kappa shape index (κ2) is 14.8. The van der Waals surface area contributed by atoms with Gasteiger partial charge in [0.25, 0.3) is 18.3 Å². The van der Waals surface area contributed by atoms with Crippen molar-refractivity contribution in [3.63, 3.8) is 0 Å². The molecule has 2 heterocycles. The molecule has 3 amide bonds. The number of hydrogen-bond donors (Lipinski definition) is 3. The van der Waals surface area contributed by atoms with Gasteiger partial charge in [0, 0.05) is 25.7 Å². The molecule has 0 spiro atoms. The number of fused-ring (bicyclic) bond motifs is 1. The first kappa shape index (κ1) is 34.4. The van der Waals surface area contributed by atoms with E-state index in [1.165, 1.54) is 12.1 Å².